The fraction of sp³-hybridized carbons (Fsp3) is 0.857. The zero-order valence-corrected chi connectivity index (χ0v) is 11.9. The van der Waals surface area contributed by atoms with Gasteiger partial charge in [-0.1, -0.05) is 0 Å². The van der Waals surface area contributed by atoms with Crippen LogP contribution in [-0.2, 0) is 9.53 Å². The summed E-state index contributed by atoms with van der Waals surface area (Å²) in [4.78, 5) is 16.6. The lowest BCUT2D eigenvalue weighted by Crippen LogP contribution is -2.48. The van der Waals surface area contributed by atoms with Crippen molar-refractivity contribution in [3.05, 3.63) is 0 Å². The van der Waals surface area contributed by atoms with Crippen LogP contribution >= 0.6 is 0 Å². The van der Waals surface area contributed by atoms with Gasteiger partial charge in [-0.2, -0.15) is 5.26 Å². The Morgan fingerprint density at radius 1 is 1.53 bits per heavy atom. The summed E-state index contributed by atoms with van der Waals surface area (Å²) in [6.45, 7) is 2.84. The van der Waals surface area contributed by atoms with Gasteiger partial charge in [0.05, 0.1) is 6.07 Å². The summed E-state index contributed by atoms with van der Waals surface area (Å²) in [5.74, 6) is -0.0291. The van der Waals surface area contributed by atoms with Gasteiger partial charge in [-0.25, -0.2) is 0 Å². The molecule has 1 atom stereocenters. The van der Waals surface area contributed by atoms with Crippen LogP contribution in [-0.4, -0.2) is 62.1 Å². The number of rotatable bonds is 3. The van der Waals surface area contributed by atoms with Gasteiger partial charge in [0.2, 0.25) is 5.91 Å². The van der Waals surface area contributed by atoms with Crippen LogP contribution in [0, 0.1) is 16.7 Å². The summed E-state index contributed by atoms with van der Waals surface area (Å²) >= 11 is 0. The van der Waals surface area contributed by atoms with Crippen LogP contribution < -0.4 is 0 Å². The van der Waals surface area contributed by atoms with Crippen LogP contribution in [0.3, 0.4) is 0 Å². The topological polar surface area (TPSA) is 56.6 Å². The van der Waals surface area contributed by atoms with Crippen LogP contribution in [0.15, 0.2) is 0 Å². The van der Waals surface area contributed by atoms with E-state index in [0.717, 1.165) is 19.5 Å². The van der Waals surface area contributed by atoms with Crippen LogP contribution in [0.2, 0.25) is 0 Å². The second kappa shape index (κ2) is 5.89. The van der Waals surface area contributed by atoms with E-state index in [2.05, 4.69) is 18.0 Å². The Morgan fingerprint density at radius 3 is 2.74 bits per heavy atom. The van der Waals surface area contributed by atoms with Gasteiger partial charge in [0, 0.05) is 32.8 Å². The number of hydrogen-bond donors (Lipinski definition) is 0. The highest BCUT2D eigenvalue weighted by atomic mass is 16.5. The molecular weight excluding hydrogens is 242 g/mol. The molecule has 5 nitrogen and oxygen atoms in total. The van der Waals surface area contributed by atoms with E-state index in [4.69, 9.17) is 4.74 Å². The molecule has 0 N–H and O–H groups in total. The Morgan fingerprint density at radius 2 is 2.21 bits per heavy atom. The van der Waals surface area contributed by atoms with E-state index >= 15 is 0 Å². The van der Waals surface area contributed by atoms with Crippen molar-refractivity contribution >= 4 is 5.91 Å². The molecule has 0 bridgehead atoms. The molecule has 0 radical (unpaired) electrons. The maximum atomic E-state index is 12.6. The quantitative estimate of drug-likeness (QED) is 0.759. The fourth-order valence-electron chi connectivity index (χ4n) is 3.07. The van der Waals surface area contributed by atoms with Gasteiger partial charge >= 0.3 is 0 Å². The first-order valence-corrected chi connectivity index (χ1v) is 7.04. The fourth-order valence-corrected chi connectivity index (χ4v) is 3.07. The van der Waals surface area contributed by atoms with Gasteiger partial charge in [0.15, 0.2) is 0 Å². The minimum atomic E-state index is -0.857. The van der Waals surface area contributed by atoms with Gasteiger partial charge in [-0.3, -0.25) is 4.79 Å². The average molecular weight is 265 g/mol. The first kappa shape index (κ1) is 14.3. The minimum absolute atomic E-state index is 0.0291. The molecule has 1 unspecified atom stereocenters. The maximum absolute atomic E-state index is 12.6. The number of carbonyl (C=O) groups excluding carboxylic acids is 1. The number of hydrogen-bond acceptors (Lipinski definition) is 4. The van der Waals surface area contributed by atoms with E-state index < -0.39 is 5.41 Å². The highest BCUT2D eigenvalue weighted by molar-refractivity contribution is 5.85. The number of ether oxygens (including phenoxy) is 1. The van der Waals surface area contributed by atoms with Crippen LogP contribution in [0.4, 0.5) is 0 Å². The number of nitriles is 1. The normalized spacial score (nSPS) is 26.9. The Bertz CT molecular complexity index is 371. The molecule has 5 heteroatoms. The zero-order valence-electron chi connectivity index (χ0n) is 11.9. The van der Waals surface area contributed by atoms with Crippen molar-refractivity contribution in [2.45, 2.75) is 31.7 Å². The summed E-state index contributed by atoms with van der Waals surface area (Å²) in [6.07, 6.45) is 3.37. The molecule has 2 saturated heterocycles. The van der Waals surface area contributed by atoms with Crippen molar-refractivity contribution in [3.8, 4) is 6.07 Å². The maximum Gasteiger partial charge on any atom is 0.243 e. The Kier molecular flexibility index (Phi) is 4.43. The largest absolute Gasteiger partial charge is 0.381 e. The minimum Gasteiger partial charge on any atom is -0.381 e. The van der Waals surface area contributed by atoms with E-state index in [-0.39, 0.29) is 5.91 Å². The molecule has 19 heavy (non-hydrogen) atoms. The summed E-state index contributed by atoms with van der Waals surface area (Å²) in [6, 6.07) is 2.68. The van der Waals surface area contributed by atoms with E-state index in [9.17, 15) is 10.1 Å². The molecule has 2 aliphatic heterocycles. The zero-order chi connectivity index (χ0) is 13.9. The first-order valence-electron chi connectivity index (χ1n) is 7.04. The molecule has 2 fully saturated rings. The van der Waals surface area contributed by atoms with E-state index in [0.29, 0.717) is 32.1 Å². The van der Waals surface area contributed by atoms with E-state index in [1.54, 1.807) is 4.90 Å². The van der Waals surface area contributed by atoms with Gasteiger partial charge in [-0.15, -0.1) is 0 Å². The second-order valence-corrected chi connectivity index (χ2v) is 5.77. The molecular formula is C14H23N3O2. The predicted molar refractivity (Wildman–Crippen MR) is 71.4 cm³/mol. The molecule has 0 saturated carbocycles. The van der Waals surface area contributed by atoms with Gasteiger partial charge in [0.1, 0.15) is 5.41 Å². The molecule has 2 aliphatic rings. The third-order valence-electron chi connectivity index (χ3n) is 4.47. The number of amides is 1. The average Bonchev–Trinajstić information content (AvgIpc) is 2.84. The highest BCUT2D eigenvalue weighted by Crippen LogP contribution is 2.32. The van der Waals surface area contributed by atoms with Gasteiger partial charge in [0.25, 0.3) is 0 Å². The Hall–Kier alpha value is -1.12. The summed E-state index contributed by atoms with van der Waals surface area (Å²) < 4.78 is 5.28. The number of carbonyl (C=O) groups is 1. The standard InChI is InChI=1S/C14H23N3O2/c1-16-7-3-4-12(16)10-17(2)13(18)14(11-15)5-8-19-9-6-14/h12H,3-10H2,1-2H3. The lowest BCUT2D eigenvalue weighted by atomic mass is 9.80. The second-order valence-electron chi connectivity index (χ2n) is 5.77. The lowest BCUT2D eigenvalue weighted by molar-refractivity contribution is -0.142. The molecule has 106 valence electrons. The molecule has 0 aromatic rings. The van der Waals surface area contributed by atoms with Crippen LogP contribution in [0.1, 0.15) is 25.7 Å². The van der Waals surface area contributed by atoms with Crippen molar-refractivity contribution < 1.29 is 9.53 Å². The third kappa shape index (κ3) is 2.90. The van der Waals surface area contributed by atoms with Crippen molar-refractivity contribution in [2.75, 3.05) is 40.4 Å². The smallest absolute Gasteiger partial charge is 0.243 e. The molecule has 2 heterocycles. The van der Waals surface area contributed by atoms with Crippen molar-refractivity contribution in [1.29, 1.82) is 5.26 Å². The lowest BCUT2D eigenvalue weighted by Gasteiger charge is -2.34. The summed E-state index contributed by atoms with van der Waals surface area (Å²) in [7, 11) is 3.92. The SMILES string of the molecule is CN(CC1CCCN1C)C(=O)C1(C#N)CCOCC1. The van der Waals surface area contributed by atoms with Crippen molar-refractivity contribution in [2.24, 2.45) is 5.41 Å². The Balaban J connectivity index is 1.99. The van der Waals surface area contributed by atoms with Crippen molar-refractivity contribution in [1.82, 2.24) is 9.80 Å². The van der Waals surface area contributed by atoms with Crippen LogP contribution in [0.25, 0.3) is 0 Å². The number of nitrogens with zero attached hydrogens (tertiary/aromatic N) is 3. The van der Waals surface area contributed by atoms with E-state index in [1.807, 2.05) is 7.05 Å². The van der Waals surface area contributed by atoms with Crippen molar-refractivity contribution in [3.63, 3.8) is 0 Å². The van der Waals surface area contributed by atoms with Gasteiger partial charge in [-0.05, 0) is 39.3 Å². The first-order chi connectivity index (χ1) is 9.09. The van der Waals surface area contributed by atoms with Crippen LogP contribution in [0.5, 0.6) is 0 Å². The predicted octanol–water partition coefficient (Wildman–Crippen LogP) is 0.859. The highest BCUT2D eigenvalue weighted by Gasteiger charge is 2.42. The molecule has 0 aliphatic carbocycles. The third-order valence-corrected chi connectivity index (χ3v) is 4.47. The Labute approximate surface area is 115 Å². The molecule has 0 aromatic carbocycles. The number of likely N-dealkylation sites (tertiary alicyclic amines) is 1. The molecule has 0 spiro atoms. The number of likely N-dealkylation sites (N-methyl/N-ethyl adjacent to an activating group) is 2. The molecule has 1 amide bonds. The summed E-state index contributed by atoms with van der Waals surface area (Å²) in [5.41, 5.74) is -0.857. The molecule has 0 aromatic heterocycles. The molecule has 2 rings (SSSR count). The van der Waals surface area contributed by atoms with E-state index in [1.165, 1.54) is 6.42 Å². The monoisotopic (exact) mass is 265 g/mol. The summed E-state index contributed by atoms with van der Waals surface area (Å²) in [5, 5.41) is 9.41. The van der Waals surface area contributed by atoms with Gasteiger partial charge < -0.3 is 14.5 Å².